The molecule has 1 aromatic carbocycles. The second-order valence-corrected chi connectivity index (χ2v) is 5.79. The molecule has 0 aliphatic carbocycles. The zero-order chi connectivity index (χ0) is 14.7. The number of nitrogens with one attached hydrogen (secondary N) is 1. The standard InChI is InChI=1S/C17H23N3O/c1-2-20(12-13-4-3-8-18-11-13)17-16-10-15(21)6-5-14(16)7-9-19-17/h5-7,9-10,13,18,21H,2-4,8,11-12H2,1H3. The Bertz CT molecular complexity index is 608. The van der Waals surface area contributed by atoms with Gasteiger partial charge in [0.25, 0.3) is 0 Å². The topological polar surface area (TPSA) is 48.4 Å². The highest BCUT2D eigenvalue weighted by atomic mass is 16.3. The van der Waals surface area contributed by atoms with Crippen molar-refractivity contribution in [2.75, 3.05) is 31.1 Å². The predicted molar refractivity (Wildman–Crippen MR) is 86.9 cm³/mol. The zero-order valence-corrected chi connectivity index (χ0v) is 12.5. The minimum Gasteiger partial charge on any atom is -0.508 e. The van der Waals surface area contributed by atoms with Crippen LogP contribution in [0.1, 0.15) is 19.8 Å². The molecular formula is C17H23N3O. The number of anilines is 1. The molecule has 0 spiro atoms. The second-order valence-electron chi connectivity index (χ2n) is 5.79. The first-order chi connectivity index (χ1) is 10.3. The Balaban J connectivity index is 1.90. The van der Waals surface area contributed by atoms with Crippen molar-refractivity contribution < 1.29 is 5.11 Å². The van der Waals surface area contributed by atoms with E-state index in [9.17, 15) is 5.11 Å². The number of phenols is 1. The van der Waals surface area contributed by atoms with Gasteiger partial charge in [0.15, 0.2) is 0 Å². The highest BCUT2D eigenvalue weighted by molar-refractivity contribution is 5.93. The molecule has 1 fully saturated rings. The first-order valence-electron chi connectivity index (χ1n) is 7.81. The van der Waals surface area contributed by atoms with Gasteiger partial charge >= 0.3 is 0 Å². The third-order valence-electron chi connectivity index (χ3n) is 4.29. The maximum absolute atomic E-state index is 9.77. The van der Waals surface area contributed by atoms with Crippen LogP contribution < -0.4 is 10.2 Å². The summed E-state index contributed by atoms with van der Waals surface area (Å²) in [7, 11) is 0. The van der Waals surface area contributed by atoms with Crippen LogP contribution in [0.3, 0.4) is 0 Å². The molecule has 1 saturated heterocycles. The number of aromatic hydroxyl groups is 1. The van der Waals surface area contributed by atoms with E-state index in [1.165, 1.54) is 12.8 Å². The van der Waals surface area contributed by atoms with Crippen molar-refractivity contribution in [3.8, 4) is 5.75 Å². The number of hydrogen-bond donors (Lipinski definition) is 2. The largest absolute Gasteiger partial charge is 0.508 e. The molecule has 1 unspecified atom stereocenters. The van der Waals surface area contributed by atoms with E-state index < -0.39 is 0 Å². The van der Waals surface area contributed by atoms with E-state index in [-0.39, 0.29) is 0 Å². The third-order valence-corrected chi connectivity index (χ3v) is 4.29. The van der Waals surface area contributed by atoms with Crippen LogP contribution in [-0.2, 0) is 0 Å². The number of fused-ring (bicyclic) bond motifs is 1. The number of hydrogen-bond acceptors (Lipinski definition) is 4. The minimum absolute atomic E-state index is 0.298. The number of piperidine rings is 1. The van der Waals surface area contributed by atoms with Crippen LogP contribution in [0.2, 0.25) is 0 Å². The summed E-state index contributed by atoms with van der Waals surface area (Å²) in [6.45, 7) is 6.35. The average molecular weight is 285 g/mol. The van der Waals surface area contributed by atoms with Gasteiger partial charge in [0, 0.05) is 24.7 Å². The highest BCUT2D eigenvalue weighted by Crippen LogP contribution is 2.28. The molecule has 0 radical (unpaired) electrons. The SMILES string of the molecule is CCN(CC1CCCNC1)c1nccc2ccc(O)cc12. The lowest BCUT2D eigenvalue weighted by Gasteiger charge is -2.30. The molecule has 1 aliphatic heterocycles. The van der Waals surface area contributed by atoms with Gasteiger partial charge in [0.05, 0.1) is 0 Å². The van der Waals surface area contributed by atoms with Crippen molar-refractivity contribution in [2.45, 2.75) is 19.8 Å². The fourth-order valence-electron chi connectivity index (χ4n) is 3.15. The number of benzene rings is 1. The molecule has 2 aromatic rings. The van der Waals surface area contributed by atoms with Crippen molar-refractivity contribution in [3.63, 3.8) is 0 Å². The molecule has 2 N–H and O–H groups in total. The molecule has 1 atom stereocenters. The van der Waals surface area contributed by atoms with E-state index in [4.69, 9.17) is 0 Å². The zero-order valence-electron chi connectivity index (χ0n) is 12.5. The number of phenolic OH excluding ortho intramolecular Hbond substituents is 1. The lowest BCUT2D eigenvalue weighted by molar-refractivity contribution is 0.377. The third kappa shape index (κ3) is 3.10. The Morgan fingerprint density at radius 1 is 1.38 bits per heavy atom. The Morgan fingerprint density at radius 2 is 2.29 bits per heavy atom. The van der Waals surface area contributed by atoms with Gasteiger partial charge in [-0.15, -0.1) is 0 Å². The molecule has 0 bridgehead atoms. The highest BCUT2D eigenvalue weighted by Gasteiger charge is 2.18. The van der Waals surface area contributed by atoms with E-state index >= 15 is 0 Å². The quantitative estimate of drug-likeness (QED) is 0.907. The Hall–Kier alpha value is -1.81. The average Bonchev–Trinajstić information content (AvgIpc) is 2.53. The van der Waals surface area contributed by atoms with Crippen LogP contribution in [0, 0.1) is 5.92 Å². The Labute approximate surface area is 125 Å². The summed E-state index contributed by atoms with van der Waals surface area (Å²) in [6.07, 6.45) is 4.39. The molecule has 0 amide bonds. The summed E-state index contributed by atoms with van der Waals surface area (Å²) in [5.41, 5.74) is 0. The van der Waals surface area contributed by atoms with Gasteiger partial charge in [-0.1, -0.05) is 6.07 Å². The fourth-order valence-corrected chi connectivity index (χ4v) is 3.15. The van der Waals surface area contributed by atoms with Crippen molar-refractivity contribution in [1.82, 2.24) is 10.3 Å². The van der Waals surface area contributed by atoms with Gasteiger partial charge in [-0.3, -0.25) is 0 Å². The molecule has 3 rings (SSSR count). The van der Waals surface area contributed by atoms with E-state index in [1.54, 1.807) is 6.07 Å². The van der Waals surface area contributed by atoms with Gasteiger partial charge in [0.1, 0.15) is 11.6 Å². The van der Waals surface area contributed by atoms with Crippen molar-refractivity contribution in [1.29, 1.82) is 0 Å². The van der Waals surface area contributed by atoms with Crippen LogP contribution >= 0.6 is 0 Å². The summed E-state index contributed by atoms with van der Waals surface area (Å²) in [6, 6.07) is 7.49. The molecular weight excluding hydrogens is 262 g/mol. The summed E-state index contributed by atoms with van der Waals surface area (Å²) in [5.74, 6) is 1.96. The predicted octanol–water partition coefficient (Wildman–Crippen LogP) is 2.77. The number of aromatic nitrogens is 1. The van der Waals surface area contributed by atoms with E-state index in [0.29, 0.717) is 11.7 Å². The maximum atomic E-state index is 9.77. The Morgan fingerprint density at radius 3 is 3.05 bits per heavy atom. The van der Waals surface area contributed by atoms with Gasteiger partial charge in [-0.05, 0) is 62.4 Å². The summed E-state index contributed by atoms with van der Waals surface area (Å²) in [4.78, 5) is 6.91. The van der Waals surface area contributed by atoms with Crippen LogP contribution in [0.15, 0.2) is 30.5 Å². The minimum atomic E-state index is 0.298. The van der Waals surface area contributed by atoms with Gasteiger partial charge in [-0.2, -0.15) is 0 Å². The molecule has 21 heavy (non-hydrogen) atoms. The van der Waals surface area contributed by atoms with Gasteiger partial charge in [-0.25, -0.2) is 4.98 Å². The molecule has 2 heterocycles. The normalized spacial score (nSPS) is 18.8. The van der Waals surface area contributed by atoms with Gasteiger partial charge < -0.3 is 15.3 Å². The van der Waals surface area contributed by atoms with E-state index in [0.717, 1.165) is 42.8 Å². The fraction of sp³-hybridized carbons (Fsp3) is 0.471. The van der Waals surface area contributed by atoms with Crippen molar-refractivity contribution >= 4 is 16.6 Å². The summed E-state index contributed by atoms with van der Waals surface area (Å²) in [5, 5.41) is 15.4. The molecule has 112 valence electrons. The molecule has 1 aliphatic rings. The molecule has 4 nitrogen and oxygen atoms in total. The lowest BCUT2D eigenvalue weighted by Crippen LogP contribution is -2.38. The second kappa shape index (κ2) is 6.31. The lowest BCUT2D eigenvalue weighted by atomic mass is 9.99. The van der Waals surface area contributed by atoms with E-state index in [2.05, 4.69) is 22.1 Å². The number of rotatable bonds is 4. The van der Waals surface area contributed by atoms with Crippen LogP contribution in [0.4, 0.5) is 5.82 Å². The maximum Gasteiger partial charge on any atom is 0.136 e. The molecule has 1 aromatic heterocycles. The van der Waals surface area contributed by atoms with Crippen LogP contribution in [0.25, 0.3) is 10.8 Å². The first kappa shape index (κ1) is 14.1. The van der Waals surface area contributed by atoms with Crippen molar-refractivity contribution in [3.05, 3.63) is 30.5 Å². The van der Waals surface area contributed by atoms with Gasteiger partial charge in [0.2, 0.25) is 0 Å². The molecule has 0 saturated carbocycles. The monoisotopic (exact) mass is 285 g/mol. The summed E-state index contributed by atoms with van der Waals surface area (Å²) < 4.78 is 0. The van der Waals surface area contributed by atoms with Crippen LogP contribution in [0.5, 0.6) is 5.75 Å². The molecule has 4 heteroatoms. The number of nitrogens with zero attached hydrogens (tertiary/aromatic N) is 2. The summed E-state index contributed by atoms with van der Waals surface area (Å²) >= 11 is 0. The van der Waals surface area contributed by atoms with E-state index in [1.807, 2.05) is 24.4 Å². The first-order valence-corrected chi connectivity index (χ1v) is 7.81. The smallest absolute Gasteiger partial charge is 0.136 e. The van der Waals surface area contributed by atoms with Crippen LogP contribution in [-0.4, -0.2) is 36.3 Å². The number of pyridine rings is 1. The Kier molecular flexibility index (Phi) is 4.25. The van der Waals surface area contributed by atoms with Crippen molar-refractivity contribution in [2.24, 2.45) is 5.92 Å².